The summed E-state index contributed by atoms with van der Waals surface area (Å²) in [5, 5.41) is 3.45. The predicted octanol–water partition coefficient (Wildman–Crippen LogP) is 2.50. The molecule has 0 aromatic carbocycles. The maximum atomic E-state index is 3.45. The molecule has 0 aliphatic carbocycles. The molecule has 0 aliphatic heterocycles. The molecule has 0 bridgehead atoms. The van der Waals surface area contributed by atoms with Crippen LogP contribution in [0, 0.1) is 0 Å². The van der Waals surface area contributed by atoms with Gasteiger partial charge in [0.25, 0.3) is 0 Å². The van der Waals surface area contributed by atoms with Gasteiger partial charge >= 0.3 is 0 Å². The fourth-order valence-electron chi connectivity index (χ4n) is 1.57. The summed E-state index contributed by atoms with van der Waals surface area (Å²) in [4.78, 5) is 2.50. The second-order valence-corrected chi connectivity index (χ2v) is 4.20. The second-order valence-electron chi connectivity index (χ2n) is 4.20. The van der Waals surface area contributed by atoms with E-state index in [2.05, 4.69) is 37.9 Å². The first-order chi connectivity index (χ1) is 6.70. The first-order valence-corrected chi connectivity index (χ1v) is 6.16. The van der Waals surface area contributed by atoms with Gasteiger partial charge in [-0.3, -0.25) is 0 Å². The standard InChI is InChI=1S/C12H28N2/c1-5-14(6-2)11-9-7-8-10-13-12(3)4/h12-13H,5-11H2,1-4H3. The Morgan fingerprint density at radius 3 is 2.14 bits per heavy atom. The third-order valence-corrected chi connectivity index (χ3v) is 2.60. The molecule has 86 valence electrons. The predicted molar refractivity (Wildman–Crippen MR) is 64.8 cm³/mol. The molecule has 0 aromatic rings. The van der Waals surface area contributed by atoms with Crippen molar-refractivity contribution in [1.82, 2.24) is 10.2 Å². The van der Waals surface area contributed by atoms with E-state index in [1.54, 1.807) is 0 Å². The van der Waals surface area contributed by atoms with Gasteiger partial charge in [0.2, 0.25) is 0 Å². The van der Waals surface area contributed by atoms with E-state index in [-0.39, 0.29) is 0 Å². The van der Waals surface area contributed by atoms with Gasteiger partial charge in [-0.15, -0.1) is 0 Å². The highest BCUT2D eigenvalue weighted by Gasteiger charge is 1.98. The third kappa shape index (κ3) is 8.52. The average Bonchev–Trinajstić information content (AvgIpc) is 2.16. The van der Waals surface area contributed by atoms with E-state index in [1.807, 2.05) is 0 Å². The molecule has 0 heterocycles. The first kappa shape index (κ1) is 13.9. The number of nitrogens with one attached hydrogen (secondary N) is 1. The summed E-state index contributed by atoms with van der Waals surface area (Å²) < 4.78 is 0. The molecule has 2 nitrogen and oxygen atoms in total. The minimum atomic E-state index is 0.637. The molecule has 0 fully saturated rings. The molecular formula is C12H28N2. The Labute approximate surface area is 90.1 Å². The Balaban J connectivity index is 3.12. The minimum absolute atomic E-state index is 0.637. The monoisotopic (exact) mass is 200 g/mol. The van der Waals surface area contributed by atoms with Gasteiger partial charge in [-0.05, 0) is 39.0 Å². The highest BCUT2D eigenvalue weighted by molar-refractivity contribution is 4.56. The van der Waals surface area contributed by atoms with Crippen molar-refractivity contribution in [3.63, 3.8) is 0 Å². The lowest BCUT2D eigenvalue weighted by Gasteiger charge is -2.17. The topological polar surface area (TPSA) is 15.3 Å². The zero-order chi connectivity index (χ0) is 10.8. The van der Waals surface area contributed by atoms with Crippen molar-refractivity contribution in [1.29, 1.82) is 0 Å². The van der Waals surface area contributed by atoms with Gasteiger partial charge in [0.05, 0.1) is 0 Å². The van der Waals surface area contributed by atoms with Crippen LogP contribution in [0.25, 0.3) is 0 Å². The fourth-order valence-corrected chi connectivity index (χ4v) is 1.57. The quantitative estimate of drug-likeness (QED) is 0.575. The molecule has 0 rings (SSSR count). The molecule has 1 N–H and O–H groups in total. The van der Waals surface area contributed by atoms with E-state index >= 15 is 0 Å². The summed E-state index contributed by atoms with van der Waals surface area (Å²) in [6.07, 6.45) is 4.02. The van der Waals surface area contributed by atoms with Crippen LogP contribution in [0.4, 0.5) is 0 Å². The van der Waals surface area contributed by atoms with Crippen molar-refractivity contribution in [2.24, 2.45) is 0 Å². The number of nitrogens with zero attached hydrogens (tertiary/aromatic N) is 1. The van der Waals surface area contributed by atoms with E-state index in [1.165, 1.54) is 45.4 Å². The number of hydrogen-bond acceptors (Lipinski definition) is 2. The Morgan fingerprint density at radius 1 is 1.00 bits per heavy atom. The van der Waals surface area contributed by atoms with Crippen LogP contribution in [0.2, 0.25) is 0 Å². The van der Waals surface area contributed by atoms with E-state index in [0.29, 0.717) is 6.04 Å². The molecule has 0 radical (unpaired) electrons. The van der Waals surface area contributed by atoms with Crippen LogP contribution in [-0.4, -0.2) is 37.1 Å². The van der Waals surface area contributed by atoms with Crippen molar-refractivity contribution in [3.05, 3.63) is 0 Å². The van der Waals surface area contributed by atoms with Crippen LogP contribution < -0.4 is 5.32 Å². The van der Waals surface area contributed by atoms with Gasteiger partial charge in [0.1, 0.15) is 0 Å². The van der Waals surface area contributed by atoms with Crippen LogP contribution in [-0.2, 0) is 0 Å². The summed E-state index contributed by atoms with van der Waals surface area (Å²) in [6.45, 7) is 13.7. The average molecular weight is 200 g/mol. The third-order valence-electron chi connectivity index (χ3n) is 2.60. The lowest BCUT2D eigenvalue weighted by atomic mass is 10.2. The number of rotatable bonds is 9. The summed E-state index contributed by atoms with van der Waals surface area (Å²) in [7, 11) is 0. The van der Waals surface area contributed by atoms with Crippen LogP contribution in [0.5, 0.6) is 0 Å². The van der Waals surface area contributed by atoms with Gasteiger partial charge in [-0.25, -0.2) is 0 Å². The van der Waals surface area contributed by atoms with E-state index < -0.39 is 0 Å². The highest BCUT2D eigenvalue weighted by atomic mass is 15.1. The van der Waals surface area contributed by atoms with Crippen LogP contribution in [0.1, 0.15) is 47.0 Å². The molecule has 0 aliphatic rings. The molecule has 2 heteroatoms. The van der Waals surface area contributed by atoms with Crippen molar-refractivity contribution < 1.29 is 0 Å². The van der Waals surface area contributed by atoms with Crippen LogP contribution in [0.15, 0.2) is 0 Å². The van der Waals surface area contributed by atoms with E-state index in [4.69, 9.17) is 0 Å². The summed E-state index contributed by atoms with van der Waals surface area (Å²) in [6, 6.07) is 0.637. The van der Waals surface area contributed by atoms with Gasteiger partial charge < -0.3 is 10.2 Å². The van der Waals surface area contributed by atoms with Crippen LogP contribution >= 0.6 is 0 Å². The normalized spacial score (nSPS) is 11.6. The molecule has 0 saturated heterocycles. The van der Waals surface area contributed by atoms with E-state index in [0.717, 1.165) is 0 Å². The Kier molecular flexibility index (Phi) is 9.42. The molecule has 0 spiro atoms. The second kappa shape index (κ2) is 9.47. The Hall–Kier alpha value is -0.0800. The molecule has 0 aromatic heterocycles. The lowest BCUT2D eigenvalue weighted by molar-refractivity contribution is 0.295. The summed E-state index contributed by atoms with van der Waals surface area (Å²) in [5.41, 5.74) is 0. The van der Waals surface area contributed by atoms with Crippen molar-refractivity contribution in [2.75, 3.05) is 26.2 Å². The maximum absolute atomic E-state index is 3.45. The lowest BCUT2D eigenvalue weighted by Crippen LogP contribution is -2.25. The summed E-state index contributed by atoms with van der Waals surface area (Å²) in [5.74, 6) is 0. The SMILES string of the molecule is CCN(CC)CCCCCNC(C)C. The number of unbranched alkanes of at least 4 members (excludes halogenated alkanes) is 2. The zero-order valence-electron chi connectivity index (χ0n) is 10.5. The fraction of sp³-hybridized carbons (Fsp3) is 1.00. The van der Waals surface area contributed by atoms with Gasteiger partial charge in [0.15, 0.2) is 0 Å². The first-order valence-electron chi connectivity index (χ1n) is 6.16. The molecule has 0 atom stereocenters. The van der Waals surface area contributed by atoms with Gasteiger partial charge in [0, 0.05) is 6.04 Å². The van der Waals surface area contributed by atoms with Crippen LogP contribution in [0.3, 0.4) is 0 Å². The Morgan fingerprint density at radius 2 is 1.64 bits per heavy atom. The molecule has 14 heavy (non-hydrogen) atoms. The van der Waals surface area contributed by atoms with Crippen molar-refractivity contribution in [2.45, 2.75) is 53.0 Å². The minimum Gasteiger partial charge on any atom is -0.315 e. The smallest absolute Gasteiger partial charge is 0.00103 e. The van der Waals surface area contributed by atoms with E-state index in [9.17, 15) is 0 Å². The molecular weight excluding hydrogens is 172 g/mol. The summed E-state index contributed by atoms with van der Waals surface area (Å²) >= 11 is 0. The maximum Gasteiger partial charge on any atom is 0.00103 e. The zero-order valence-corrected chi connectivity index (χ0v) is 10.5. The highest BCUT2D eigenvalue weighted by Crippen LogP contribution is 1.98. The largest absolute Gasteiger partial charge is 0.315 e. The van der Waals surface area contributed by atoms with Gasteiger partial charge in [-0.1, -0.05) is 34.1 Å². The van der Waals surface area contributed by atoms with Crippen molar-refractivity contribution >= 4 is 0 Å². The van der Waals surface area contributed by atoms with Crippen molar-refractivity contribution in [3.8, 4) is 0 Å². The Bertz CT molecular complexity index is 109. The van der Waals surface area contributed by atoms with Gasteiger partial charge in [-0.2, -0.15) is 0 Å². The molecule has 0 amide bonds. The molecule has 0 unspecified atom stereocenters. The molecule has 0 saturated carbocycles. The number of hydrogen-bond donors (Lipinski definition) is 1.